The van der Waals surface area contributed by atoms with Crippen molar-refractivity contribution < 1.29 is 4.42 Å². The summed E-state index contributed by atoms with van der Waals surface area (Å²) in [4.78, 5) is 2.19. The molecular formula is C10H18N4O. The molecule has 0 spiro atoms. The molecule has 5 nitrogen and oxygen atoms in total. The van der Waals surface area contributed by atoms with E-state index >= 15 is 0 Å². The zero-order valence-corrected chi connectivity index (χ0v) is 9.15. The van der Waals surface area contributed by atoms with Crippen molar-refractivity contribution in [2.24, 2.45) is 5.73 Å². The summed E-state index contributed by atoms with van der Waals surface area (Å²) >= 11 is 0. The van der Waals surface area contributed by atoms with Gasteiger partial charge in [0.05, 0.1) is 6.54 Å². The van der Waals surface area contributed by atoms with E-state index in [-0.39, 0.29) is 0 Å². The fourth-order valence-corrected chi connectivity index (χ4v) is 2.21. The standard InChI is InChI=1S/C10H18N4O/c1-2-14(8-5-3-4-6-8)10-13-12-9(7-11)15-10/h8H,2-7,11H2,1H3. The van der Waals surface area contributed by atoms with Crippen molar-refractivity contribution >= 4 is 6.01 Å². The van der Waals surface area contributed by atoms with Crippen LogP contribution < -0.4 is 10.6 Å². The van der Waals surface area contributed by atoms with Gasteiger partial charge in [-0.3, -0.25) is 0 Å². The van der Waals surface area contributed by atoms with Gasteiger partial charge in [-0.1, -0.05) is 17.9 Å². The quantitative estimate of drug-likeness (QED) is 0.811. The fourth-order valence-electron chi connectivity index (χ4n) is 2.21. The maximum Gasteiger partial charge on any atom is 0.318 e. The van der Waals surface area contributed by atoms with Gasteiger partial charge in [-0.2, -0.15) is 0 Å². The smallest absolute Gasteiger partial charge is 0.318 e. The molecule has 5 heteroatoms. The van der Waals surface area contributed by atoms with Crippen LogP contribution in [0.1, 0.15) is 38.5 Å². The maximum absolute atomic E-state index is 5.48. The summed E-state index contributed by atoms with van der Waals surface area (Å²) < 4.78 is 5.48. The lowest BCUT2D eigenvalue weighted by molar-refractivity contribution is 0.464. The molecule has 1 aliphatic carbocycles. The zero-order valence-electron chi connectivity index (χ0n) is 9.15. The molecule has 2 N–H and O–H groups in total. The highest BCUT2D eigenvalue weighted by Crippen LogP contribution is 2.27. The Bertz CT molecular complexity index is 306. The summed E-state index contributed by atoms with van der Waals surface area (Å²) in [6, 6.07) is 1.20. The largest absolute Gasteiger partial charge is 0.407 e. The van der Waals surface area contributed by atoms with E-state index in [2.05, 4.69) is 22.0 Å². The molecule has 0 amide bonds. The van der Waals surface area contributed by atoms with E-state index in [1.807, 2.05) is 0 Å². The first kappa shape index (κ1) is 10.4. The number of rotatable bonds is 4. The van der Waals surface area contributed by atoms with Gasteiger partial charge in [-0.15, -0.1) is 5.10 Å². The van der Waals surface area contributed by atoms with Gasteiger partial charge >= 0.3 is 6.01 Å². The molecule has 2 rings (SSSR count). The van der Waals surface area contributed by atoms with Crippen LogP contribution in [-0.4, -0.2) is 22.8 Å². The Morgan fingerprint density at radius 3 is 2.67 bits per heavy atom. The fraction of sp³-hybridized carbons (Fsp3) is 0.800. The highest BCUT2D eigenvalue weighted by molar-refractivity contribution is 5.26. The predicted molar refractivity (Wildman–Crippen MR) is 57.5 cm³/mol. The highest BCUT2D eigenvalue weighted by atomic mass is 16.4. The maximum atomic E-state index is 5.48. The molecule has 1 aromatic heterocycles. The molecule has 1 saturated carbocycles. The third-order valence-corrected chi connectivity index (χ3v) is 2.98. The molecule has 1 aromatic rings. The first-order valence-electron chi connectivity index (χ1n) is 5.64. The summed E-state index contributed by atoms with van der Waals surface area (Å²) in [6.07, 6.45) is 5.07. The predicted octanol–water partition coefficient (Wildman–Crippen LogP) is 1.30. The van der Waals surface area contributed by atoms with Crippen LogP contribution in [0.4, 0.5) is 6.01 Å². The van der Waals surface area contributed by atoms with Crippen molar-refractivity contribution in [1.29, 1.82) is 0 Å². The van der Waals surface area contributed by atoms with Gasteiger partial charge in [0.1, 0.15) is 0 Å². The lowest BCUT2D eigenvalue weighted by atomic mass is 10.2. The molecule has 0 radical (unpaired) electrons. The van der Waals surface area contributed by atoms with Crippen LogP contribution in [0.15, 0.2) is 4.42 Å². The molecule has 0 atom stereocenters. The molecule has 0 unspecified atom stereocenters. The molecule has 0 aromatic carbocycles. The Hall–Kier alpha value is -1.10. The third kappa shape index (κ3) is 2.12. The molecule has 0 saturated heterocycles. The van der Waals surface area contributed by atoms with Crippen molar-refractivity contribution in [2.75, 3.05) is 11.4 Å². The third-order valence-electron chi connectivity index (χ3n) is 2.98. The van der Waals surface area contributed by atoms with Crippen LogP contribution in [-0.2, 0) is 6.54 Å². The average Bonchev–Trinajstić information content (AvgIpc) is 2.89. The van der Waals surface area contributed by atoms with E-state index in [4.69, 9.17) is 10.2 Å². The Labute approximate surface area is 89.6 Å². The van der Waals surface area contributed by atoms with Crippen LogP contribution in [0.2, 0.25) is 0 Å². The van der Waals surface area contributed by atoms with Crippen molar-refractivity contribution in [3.8, 4) is 0 Å². The van der Waals surface area contributed by atoms with Crippen LogP contribution in [0.5, 0.6) is 0 Å². The first-order chi connectivity index (χ1) is 7.35. The number of nitrogens with zero attached hydrogens (tertiary/aromatic N) is 3. The van der Waals surface area contributed by atoms with E-state index in [0.29, 0.717) is 24.5 Å². The molecule has 1 aliphatic rings. The number of hydrogen-bond acceptors (Lipinski definition) is 5. The number of aromatic nitrogens is 2. The molecule has 0 bridgehead atoms. The SMILES string of the molecule is CCN(c1nnc(CN)o1)C1CCCC1. The van der Waals surface area contributed by atoms with E-state index in [1.165, 1.54) is 25.7 Å². The molecule has 1 fully saturated rings. The van der Waals surface area contributed by atoms with E-state index < -0.39 is 0 Å². The van der Waals surface area contributed by atoms with Crippen molar-refractivity contribution in [3.63, 3.8) is 0 Å². The number of nitrogens with two attached hydrogens (primary N) is 1. The van der Waals surface area contributed by atoms with Crippen LogP contribution in [0.25, 0.3) is 0 Å². The minimum Gasteiger partial charge on any atom is -0.407 e. The Balaban J connectivity index is 2.10. The van der Waals surface area contributed by atoms with E-state index in [0.717, 1.165) is 6.54 Å². The van der Waals surface area contributed by atoms with Crippen LogP contribution >= 0.6 is 0 Å². The lowest BCUT2D eigenvalue weighted by Crippen LogP contribution is -2.33. The highest BCUT2D eigenvalue weighted by Gasteiger charge is 2.25. The van der Waals surface area contributed by atoms with Gasteiger partial charge in [0.15, 0.2) is 0 Å². The summed E-state index contributed by atoms with van der Waals surface area (Å²) in [7, 11) is 0. The average molecular weight is 210 g/mol. The topological polar surface area (TPSA) is 68.2 Å². The summed E-state index contributed by atoms with van der Waals surface area (Å²) in [5, 5.41) is 7.92. The normalized spacial score (nSPS) is 17.2. The van der Waals surface area contributed by atoms with Crippen LogP contribution in [0, 0.1) is 0 Å². The monoisotopic (exact) mass is 210 g/mol. The Morgan fingerprint density at radius 2 is 2.13 bits per heavy atom. The molecular weight excluding hydrogens is 192 g/mol. The molecule has 0 aliphatic heterocycles. The second kappa shape index (κ2) is 4.61. The van der Waals surface area contributed by atoms with Gasteiger partial charge in [-0.25, -0.2) is 0 Å². The number of hydrogen-bond donors (Lipinski definition) is 1. The van der Waals surface area contributed by atoms with Crippen molar-refractivity contribution in [2.45, 2.75) is 45.2 Å². The Kier molecular flexibility index (Phi) is 3.20. The summed E-state index contributed by atoms with van der Waals surface area (Å²) in [5.41, 5.74) is 5.44. The molecule has 84 valence electrons. The first-order valence-corrected chi connectivity index (χ1v) is 5.64. The minimum absolute atomic E-state index is 0.315. The lowest BCUT2D eigenvalue weighted by Gasteiger charge is -2.24. The van der Waals surface area contributed by atoms with Crippen molar-refractivity contribution in [1.82, 2.24) is 10.2 Å². The van der Waals surface area contributed by atoms with Gasteiger partial charge < -0.3 is 15.1 Å². The second-order valence-corrected chi connectivity index (χ2v) is 3.91. The van der Waals surface area contributed by atoms with Crippen molar-refractivity contribution in [3.05, 3.63) is 5.89 Å². The van der Waals surface area contributed by atoms with E-state index in [9.17, 15) is 0 Å². The van der Waals surface area contributed by atoms with Crippen LogP contribution in [0.3, 0.4) is 0 Å². The van der Waals surface area contributed by atoms with E-state index in [1.54, 1.807) is 0 Å². The van der Waals surface area contributed by atoms with Gasteiger partial charge in [0, 0.05) is 12.6 Å². The van der Waals surface area contributed by atoms with Gasteiger partial charge in [0.25, 0.3) is 0 Å². The zero-order chi connectivity index (χ0) is 10.7. The minimum atomic E-state index is 0.315. The number of anilines is 1. The molecule has 1 heterocycles. The van der Waals surface area contributed by atoms with Gasteiger partial charge in [-0.05, 0) is 19.8 Å². The Morgan fingerprint density at radius 1 is 1.40 bits per heavy atom. The second-order valence-electron chi connectivity index (χ2n) is 3.91. The summed E-state index contributed by atoms with van der Waals surface area (Å²) in [6.45, 7) is 3.34. The summed E-state index contributed by atoms with van der Waals surface area (Å²) in [5.74, 6) is 0.515. The van der Waals surface area contributed by atoms with Gasteiger partial charge in [0.2, 0.25) is 5.89 Å². The molecule has 15 heavy (non-hydrogen) atoms.